The summed E-state index contributed by atoms with van der Waals surface area (Å²) in [5, 5.41) is 9.97. The second-order valence-electron chi connectivity index (χ2n) is 5.05. The fourth-order valence-corrected chi connectivity index (χ4v) is 4.20. The molecule has 8 heteroatoms. The maximum Gasteiger partial charge on any atom is 0.270 e. The van der Waals surface area contributed by atoms with Crippen molar-refractivity contribution in [1.82, 2.24) is 0 Å². The minimum absolute atomic E-state index is 0.137. The van der Waals surface area contributed by atoms with Crippen LogP contribution in [-0.4, -0.2) is 22.4 Å². The molecule has 3 rings (SSSR count). The minimum Gasteiger partial charge on any atom is -0.507 e. The summed E-state index contributed by atoms with van der Waals surface area (Å²) in [5.74, 6) is 0.443. The van der Waals surface area contributed by atoms with Gasteiger partial charge in [0.2, 0.25) is 0 Å². The van der Waals surface area contributed by atoms with Crippen LogP contribution in [0.1, 0.15) is 5.56 Å². The average Bonchev–Trinajstić information content (AvgIpc) is 2.85. The lowest BCUT2D eigenvalue weighted by Gasteiger charge is -2.15. The van der Waals surface area contributed by atoms with Gasteiger partial charge in [0, 0.05) is 0 Å². The number of anilines is 1. The number of hydrogen-bond donors (Lipinski definition) is 1. The average molecular weight is 457 g/mol. The number of carbonyl (C=O) groups excluding carboxylic acids is 1. The van der Waals surface area contributed by atoms with Gasteiger partial charge in [0.1, 0.15) is 11.5 Å². The van der Waals surface area contributed by atoms with Crippen LogP contribution in [0.2, 0.25) is 5.02 Å². The van der Waals surface area contributed by atoms with Crippen LogP contribution < -0.4 is 9.64 Å². The topological polar surface area (TPSA) is 49.8 Å². The van der Waals surface area contributed by atoms with E-state index in [4.69, 9.17) is 28.6 Å². The number of aromatic hydroxyl groups is 1. The number of phenolic OH excluding ortho intramolecular Hbond substituents is 1. The highest BCUT2D eigenvalue weighted by atomic mass is 79.9. The third-order valence-electron chi connectivity index (χ3n) is 3.46. The number of methoxy groups -OCH3 is 1. The predicted molar refractivity (Wildman–Crippen MR) is 109 cm³/mol. The largest absolute Gasteiger partial charge is 0.507 e. The lowest BCUT2D eigenvalue weighted by Crippen LogP contribution is -2.27. The molecule has 0 radical (unpaired) electrons. The van der Waals surface area contributed by atoms with E-state index in [2.05, 4.69) is 15.9 Å². The molecular formula is C17H11BrClNO3S2. The standard InChI is InChI=1S/C17H11BrClNO3S2/c1-23-14-5-3-10(8-12(14)19)20-16(22)15(25-17(20)24)7-9-2-4-13(21)11(18)6-9/h2-8,21H,1H3/b15-7+. The van der Waals surface area contributed by atoms with Gasteiger partial charge in [-0.1, -0.05) is 41.6 Å². The van der Waals surface area contributed by atoms with E-state index in [0.717, 1.165) is 5.56 Å². The molecule has 1 fully saturated rings. The van der Waals surface area contributed by atoms with Crippen LogP contribution in [0.25, 0.3) is 6.08 Å². The Kier molecular flexibility index (Phi) is 5.38. The fourth-order valence-electron chi connectivity index (χ4n) is 2.25. The first-order chi connectivity index (χ1) is 11.9. The van der Waals surface area contributed by atoms with Gasteiger partial charge in [0.15, 0.2) is 4.32 Å². The molecule has 0 unspecified atom stereocenters. The van der Waals surface area contributed by atoms with Crippen molar-refractivity contribution in [1.29, 1.82) is 0 Å². The first-order valence-corrected chi connectivity index (χ1v) is 9.40. The Balaban J connectivity index is 1.93. The molecular weight excluding hydrogens is 446 g/mol. The zero-order valence-electron chi connectivity index (χ0n) is 12.8. The molecule has 1 aliphatic heterocycles. The number of benzene rings is 2. The first kappa shape index (κ1) is 18.3. The van der Waals surface area contributed by atoms with Gasteiger partial charge in [0.25, 0.3) is 5.91 Å². The van der Waals surface area contributed by atoms with Gasteiger partial charge < -0.3 is 9.84 Å². The van der Waals surface area contributed by atoms with Crippen LogP contribution >= 0.6 is 51.5 Å². The van der Waals surface area contributed by atoms with Crippen molar-refractivity contribution in [2.24, 2.45) is 0 Å². The molecule has 0 spiro atoms. The number of thiocarbonyl (C=S) groups is 1. The maximum absolute atomic E-state index is 12.8. The zero-order chi connectivity index (χ0) is 18.1. The highest BCUT2D eigenvalue weighted by Crippen LogP contribution is 2.38. The Hall–Kier alpha value is -1.54. The summed E-state index contributed by atoms with van der Waals surface area (Å²) < 4.78 is 6.11. The molecule has 0 saturated carbocycles. The van der Waals surface area contributed by atoms with Crippen molar-refractivity contribution in [3.8, 4) is 11.5 Å². The van der Waals surface area contributed by atoms with Gasteiger partial charge in [-0.15, -0.1) is 0 Å². The Labute approximate surface area is 167 Å². The predicted octanol–water partition coefficient (Wildman–Crippen LogP) is 5.22. The number of amides is 1. The molecule has 1 heterocycles. The lowest BCUT2D eigenvalue weighted by molar-refractivity contribution is -0.113. The number of ether oxygens (including phenoxy) is 1. The summed E-state index contributed by atoms with van der Waals surface area (Å²) in [7, 11) is 1.53. The second-order valence-corrected chi connectivity index (χ2v) is 7.98. The molecule has 1 N–H and O–H groups in total. The van der Waals surface area contributed by atoms with Crippen molar-refractivity contribution in [2.75, 3.05) is 12.0 Å². The normalized spacial score (nSPS) is 16.0. The van der Waals surface area contributed by atoms with Crippen molar-refractivity contribution >= 4 is 73.5 Å². The second kappa shape index (κ2) is 7.37. The Morgan fingerprint density at radius 2 is 2.08 bits per heavy atom. The van der Waals surface area contributed by atoms with Gasteiger partial charge in [0.05, 0.1) is 27.2 Å². The van der Waals surface area contributed by atoms with Crippen LogP contribution in [0.3, 0.4) is 0 Å². The van der Waals surface area contributed by atoms with E-state index in [0.29, 0.717) is 30.2 Å². The monoisotopic (exact) mass is 455 g/mol. The Morgan fingerprint density at radius 1 is 1.32 bits per heavy atom. The summed E-state index contributed by atoms with van der Waals surface area (Å²) in [4.78, 5) is 14.7. The summed E-state index contributed by atoms with van der Waals surface area (Å²) in [6.07, 6.45) is 1.73. The highest BCUT2D eigenvalue weighted by molar-refractivity contribution is 9.10. The number of nitrogens with zero attached hydrogens (tertiary/aromatic N) is 1. The van der Waals surface area contributed by atoms with E-state index >= 15 is 0 Å². The maximum atomic E-state index is 12.8. The number of carbonyl (C=O) groups is 1. The third kappa shape index (κ3) is 3.69. The molecule has 25 heavy (non-hydrogen) atoms. The summed E-state index contributed by atoms with van der Waals surface area (Å²) in [6.45, 7) is 0. The van der Waals surface area contributed by atoms with E-state index < -0.39 is 0 Å². The van der Waals surface area contributed by atoms with E-state index in [1.54, 1.807) is 42.5 Å². The van der Waals surface area contributed by atoms with Crippen molar-refractivity contribution in [2.45, 2.75) is 0 Å². The Morgan fingerprint density at radius 3 is 2.72 bits per heavy atom. The van der Waals surface area contributed by atoms with E-state index in [1.165, 1.54) is 23.8 Å². The first-order valence-electron chi connectivity index (χ1n) is 7.00. The molecule has 0 atom stereocenters. The molecule has 2 aromatic carbocycles. The van der Waals surface area contributed by atoms with Gasteiger partial charge >= 0.3 is 0 Å². The molecule has 1 aliphatic rings. The smallest absolute Gasteiger partial charge is 0.270 e. The molecule has 0 aromatic heterocycles. The highest BCUT2D eigenvalue weighted by Gasteiger charge is 2.33. The number of phenols is 1. The molecule has 0 bridgehead atoms. The molecule has 128 valence electrons. The molecule has 1 amide bonds. The van der Waals surface area contributed by atoms with Crippen LogP contribution in [0.5, 0.6) is 11.5 Å². The fraction of sp³-hybridized carbons (Fsp3) is 0.0588. The summed E-state index contributed by atoms with van der Waals surface area (Å²) in [5.41, 5.74) is 1.36. The molecule has 0 aliphatic carbocycles. The van der Waals surface area contributed by atoms with Crippen molar-refractivity contribution < 1.29 is 14.6 Å². The van der Waals surface area contributed by atoms with Gasteiger partial charge in [-0.2, -0.15) is 0 Å². The van der Waals surface area contributed by atoms with Gasteiger partial charge in [-0.05, 0) is 57.9 Å². The molecule has 1 saturated heterocycles. The van der Waals surface area contributed by atoms with Crippen molar-refractivity contribution in [3.05, 3.63) is 56.4 Å². The number of rotatable bonds is 3. The summed E-state index contributed by atoms with van der Waals surface area (Å²) in [6, 6.07) is 10.1. The van der Waals surface area contributed by atoms with Crippen LogP contribution in [-0.2, 0) is 4.79 Å². The quantitative estimate of drug-likeness (QED) is 0.507. The van der Waals surface area contributed by atoms with Crippen molar-refractivity contribution in [3.63, 3.8) is 0 Å². The zero-order valence-corrected chi connectivity index (χ0v) is 16.8. The molecule has 2 aromatic rings. The van der Waals surface area contributed by atoms with Gasteiger partial charge in [-0.25, -0.2) is 0 Å². The molecule has 4 nitrogen and oxygen atoms in total. The lowest BCUT2D eigenvalue weighted by atomic mass is 10.2. The Bertz CT molecular complexity index is 917. The van der Waals surface area contributed by atoms with Crippen LogP contribution in [0, 0.1) is 0 Å². The van der Waals surface area contributed by atoms with Crippen LogP contribution in [0.4, 0.5) is 5.69 Å². The number of thioether (sulfide) groups is 1. The van der Waals surface area contributed by atoms with E-state index in [9.17, 15) is 9.90 Å². The van der Waals surface area contributed by atoms with Gasteiger partial charge in [-0.3, -0.25) is 9.69 Å². The number of hydrogen-bond acceptors (Lipinski definition) is 5. The minimum atomic E-state index is -0.222. The van der Waals surface area contributed by atoms with E-state index in [-0.39, 0.29) is 11.7 Å². The third-order valence-corrected chi connectivity index (χ3v) is 5.69. The van der Waals surface area contributed by atoms with Crippen LogP contribution in [0.15, 0.2) is 45.8 Å². The summed E-state index contributed by atoms with van der Waals surface area (Å²) >= 11 is 16.0. The van der Waals surface area contributed by atoms with E-state index in [1.807, 2.05) is 0 Å². The SMILES string of the molecule is COc1ccc(N2C(=O)/C(=C\c3ccc(O)c(Br)c3)SC2=S)cc1Cl. The number of halogens is 2.